The van der Waals surface area contributed by atoms with Gasteiger partial charge in [0.2, 0.25) is 0 Å². The Hall–Kier alpha value is 0.730. The maximum absolute atomic E-state index is 2.62. The first-order valence-corrected chi connectivity index (χ1v) is 4.76. The molecule has 2 rings (SSSR count). The van der Waals surface area contributed by atoms with Crippen LogP contribution < -0.4 is 0 Å². The fourth-order valence-electron chi connectivity index (χ4n) is 2.02. The highest BCUT2D eigenvalue weighted by atomic mass is 127. The molecule has 0 aromatic heterocycles. The van der Waals surface area contributed by atoms with Crippen LogP contribution in [0.4, 0.5) is 0 Å². The standard InChI is InChI=1S/C7H11I/c8-7-4-2-5-1-3-6(5)7/h5-7H,1-4H2. The van der Waals surface area contributed by atoms with E-state index in [9.17, 15) is 0 Å². The van der Waals surface area contributed by atoms with Crippen LogP contribution in [0.25, 0.3) is 0 Å². The fraction of sp³-hybridized carbons (Fsp3) is 1.00. The van der Waals surface area contributed by atoms with Gasteiger partial charge < -0.3 is 0 Å². The van der Waals surface area contributed by atoms with Crippen molar-refractivity contribution < 1.29 is 0 Å². The molecule has 0 bridgehead atoms. The summed E-state index contributed by atoms with van der Waals surface area (Å²) in [5.41, 5.74) is 0. The first-order valence-electron chi connectivity index (χ1n) is 3.52. The molecule has 2 aliphatic carbocycles. The largest absolute Gasteiger partial charge is 0.0823 e. The van der Waals surface area contributed by atoms with E-state index in [1.165, 1.54) is 19.3 Å². The SMILES string of the molecule is IC1CCC2CCC12. The zero-order valence-corrected chi connectivity index (χ0v) is 7.10. The minimum atomic E-state index is 1.05. The molecule has 0 amide bonds. The summed E-state index contributed by atoms with van der Waals surface area (Å²) in [4.78, 5) is 0. The van der Waals surface area contributed by atoms with E-state index < -0.39 is 0 Å². The van der Waals surface area contributed by atoms with Gasteiger partial charge in [0, 0.05) is 3.92 Å². The van der Waals surface area contributed by atoms with Crippen molar-refractivity contribution in [3.63, 3.8) is 0 Å². The van der Waals surface area contributed by atoms with Crippen LogP contribution in [0.5, 0.6) is 0 Å². The van der Waals surface area contributed by atoms with E-state index in [0.717, 1.165) is 15.8 Å². The van der Waals surface area contributed by atoms with E-state index in [2.05, 4.69) is 22.6 Å². The van der Waals surface area contributed by atoms with Crippen molar-refractivity contribution in [2.75, 3.05) is 0 Å². The topological polar surface area (TPSA) is 0 Å². The molecule has 0 nitrogen and oxygen atoms in total. The molecule has 0 N–H and O–H groups in total. The fourth-order valence-corrected chi connectivity index (χ4v) is 3.32. The lowest BCUT2D eigenvalue weighted by atomic mass is 9.76. The summed E-state index contributed by atoms with van der Waals surface area (Å²) in [5, 5.41) is 0. The molecule has 0 heterocycles. The average molecular weight is 222 g/mol. The van der Waals surface area contributed by atoms with Crippen LogP contribution in [-0.4, -0.2) is 3.92 Å². The molecule has 0 aromatic carbocycles. The molecule has 0 spiro atoms. The number of hydrogen-bond acceptors (Lipinski definition) is 0. The molecule has 0 radical (unpaired) electrons. The Morgan fingerprint density at radius 3 is 2.00 bits per heavy atom. The summed E-state index contributed by atoms with van der Waals surface area (Å²) in [6.45, 7) is 0. The Balaban J connectivity index is 2.05. The van der Waals surface area contributed by atoms with Gasteiger partial charge in [-0.05, 0) is 37.5 Å². The predicted octanol–water partition coefficient (Wildman–Crippen LogP) is 2.61. The van der Waals surface area contributed by atoms with Gasteiger partial charge in [0.1, 0.15) is 0 Å². The summed E-state index contributed by atoms with van der Waals surface area (Å²) < 4.78 is 1.05. The van der Waals surface area contributed by atoms with Crippen molar-refractivity contribution >= 4 is 22.6 Å². The van der Waals surface area contributed by atoms with Gasteiger partial charge in [-0.1, -0.05) is 22.6 Å². The van der Waals surface area contributed by atoms with Crippen molar-refractivity contribution in [3.05, 3.63) is 0 Å². The van der Waals surface area contributed by atoms with Crippen LogP contribution in [0.15, 0.2) is 0 Å². The zero-order chi connectivity index (χ0) is 5.56. The van der Waals surface area contributed by atoms with Gasteiger partial charge in [-0.2, -0.15) is 0 Å². The molecular weight excluding hydrogens is 211 g/mol. The average Bonchev–Trinajstić information content (AvgIpc) is 1.80. The second kappa shape index (κ2) is 1.86. The maximum atomic E-state index is 2.62. The lowest BCUT2D eigenvalue weighted by Crippen LogP contribution is -2.24. The Bertz CT molecular complexity index is 94.6. The van der Waals surface area contributed by atoms with Crippen molar-refractivity contribution in [2.24, 2.45) is 11.8 Å². The van der Waals surface area contributed by atoms with Gasteiger partial charge in [-0.25, -0.2) is 0 Å². The second-order valence-electron chi connectivity index (χ2n) is 3.09. The smallest absolute Gasteiger partial charge is 0.0141 e. The molecule has 46 valence electrons. The maximum Gasteiger partial charge on any atom is 0.0141 e. The summed E-state index contributed by atoms with van der Waals surface area (Å²) in [6.07, 6.45) is 6.14. The Kier molecular flexibility index (Phi) is 1.28. The molecule has 2 saturated carbocycles. The van der Waals surface area contributed by atoms with Crippen LogP contribution >= 0.6 is 22.6 Å². The van der Waals surface area contributed by atoms with Crippen LogP contribution in [0, 0.1) is 11.8 Å². The van der Waals surface area contributed by atoms with Crippen molar-refractivity contribution in [1.29, 1.82) is 0 Å². The van der Waals surface area contributed by atoms with Crippen LogP contribution in [-0.2, 0) is 0 Å². The summed E-state index contributed by atoms with van der Waals surface area (Å²) in [6, 6.07) is 0. The molecule has 2 fully saturated rings. The van der Waals surface area contributed by atoms with Gasteiger partial charge in [-0.15, -0.1) is 0 Å². The first-order chi connectivity index (χ1) is 3.88. The van der Waals surface area contributed by atoms with Crippen LogP contribution in [0.1, 0.15) is 25.7 Å². The number of halogens is 1. The third kappa shape index (κ3) is 0.630. The van der Waals surface area contributed by atoms with Crippen molar-refractivity contribution in [2.45, 2.75) is 29.6 Å². The van der Waals surface area contributed by atoms with Crippen LogP contribution in [0.3, 0.4) is 0 Å². The number of alkyl halides is 1. The van der Waals surface area contributed by atoms with E-state index in [-0.39, 0.29) is 0 Å². The molecule has 0 aliphatic heterocycles. The Morgan fingerprint density at radius 1 is 1.00 bits per heavy atom. The molecule has 2 aliphatic rings. The lowest BCUT2D eigenvalue weighted by Gasteiger charge is -2.31. The molecule has 3 unspecified atom stereocenters. The normalized spacial score (nSPS) is 52.9. The zero-order valence-electron chi connectivity index (χ0n) is 4.94. The van der Waals surface area contributed by atoms with Gasteiger partial charge in [0.15, 0.2) is 0 Å². The third-order valence-electron chi connectivity index (χ3n) is 2.75. The number of fused-ring (bicyclic) bond motifs is 1. The Morgan fingerprint density at radius 2 is 1.75 bits per heavy atom. The summed E-state index contributed by atoms with van der Waals surface area (Å²) in [5.74, 6) is 2.31. The first kappa shape index (κ1) is 5.51. The van der Waals surface area contributed by atoms with Crippen molar-refractivity contribution in [3.8, 4) is 0 Å². The summed E-state index contributed by atoms with van der Waals surface area (Å²) >= 11 is 2.62. The molecule has 0 saturated heterocycles. The van der Waals surface area contributed by atoms with Gasteiger partial charge in [0.05, 0.1) is 0 Å². The molecule has 0 aromatic rings. The quantitative estimate of drug-likeness (QED) is 0.436. The molecule has 1 heteroatoms. The van der Waals surface area contributed by atoms with Crippen molar-refractivity contribution in [1.82, 2.24) is 0 Å². The minimum Gasteiger partial charge on any atom is -0.0823 e. The van der Waals surface area contributed by atoms with E-state index >= 15 is 0 Å². The lowest BCUT2D eigenvalue weighted by molar-refractivity contribution is 0.226. The van der Waals surface area contributed by atoms with Gasteiger partial charge in [0.25, 0.3) is 0 Å². The van der Waals surface area contributed by atoms with E-state index in [1.54, 1.807) is 6.42 Å². The van der Waals surface area contributed by atoms with Crippen LogP contribution in [0.2, 0.25) is 0 Å². The third-order valence-corrected chi connectivity index (χ3v) is 4.30. The molecule has 8 heavy (non-hydrogen) atoms. The number of rotatable bonds is 0. The highest BCUT2D eigenvalue weighted by Crippen LogP contribution is 2.49. The Labute approximate surface area is 64.2 Å². The number of hydrogen-bond donors (Lipinski definition) is 0. The minimum absolute atomic E-state index is 1.05. The highest BCUT2D eigenvalue weighted by Gasteiger charge is 2.40. The summed E-state index contributed by atoms with van der Waals surface area (Å²) in [7, 11) is 0. The predicted molar refractivity (Wildman–Crippen MR) is 43.3 cm³/mol. The van der Waals surface area contributed by atoms with Gasteiger partial charge in [-0.3, -0.25) is 0 Å². The van der Waals surface area contributed by atoms with Gasteiger partial charge >= 0.3 is 0 Å². The van der Waals surface area contributed by atoms with E-state index in [1.807, 2.05) is 0 Å². The highest BCUT2D eigenvalue weighted by molar-refractivity contribution is 14.1. The molecular formula is C7H11I. The molecule has 3 atom stereocenters. The monoisotopic (exact) mass is 222 g/mol. The van der Waals surface area contributed by atoms with E-state index in [4.69, 9.17) is 0 Å². The van der Waals surface area contributed by atoms with E-state index in [0.29, 0.717) is 0 Å². The second-order valence-corrected chi connectivity index (χ2v) is 4.69.